The van der Waals surface area contributed by atoms with E-state index >= 15 is 0 Å². The van der Waals surface area contributed by atoms with Gasteiger partial charge < -0.3 is 9.47 Å². The van der Waals surface area contributed by atoms with Crippen LogP contribution in [0.3, 0.4) is 0 Å². The molecule has 1 heterocycles. The molecule has 1 fully saturated rings. The monoisotopic (exact) mass is 503 g/mol. The lowest BCUT2D eigenvalue weighted by Gasteiger charge is -2.42. The van der Waals surface area contributed by atoms with E-state index in [0.29, 0.717) is 51.5 Å². The lowest BCUT2D eigenvalue weighted by molar-refractivity contribution is -0.0478. The van der Waals surface area contributed by atoms with Crippen molar-refractivity contribution in [2.24, 2.45) is 5.41 Å². The van der Waals surface area contributed by atoms with Gasteiger partial charge in [0.05, 0.1) is 37.0 Å². The molecule has 0 amide bonds. The van der Waals surface area contributed by atoms with Crippen molar-refractivity contribution in [3.8, 4) is 0 Å². The number of benzene rings is 3. The third kappa shape index (κ3) is 6.34. The summed E-state index contributed by atoms with van der Waals surface area (Å²) in [4.78, 5) is 0.272. The Morgan fingerprint density at radius 1 is 0.861 bits per heavy atom. The van der Waals surface area contributed by atoms with Crippen LogP contribution in [-0.2, 0) is 32.7 Å². The van der Waals surface area contributed by atoms with Crippen LogP contribution in [0.1, 0.15) is 29.5 Å². The average molecular weight is 504 g/mol. The van der Waals surface area contributed by atoms with Crippen molar-refractivity contribution in [1.29, 1.82) is 0 Å². The Morgan fingerprint density at radius 3 is 1.89 bits per heavy atom. The van der Waals surface area contributed by atoms with Gasteiger partial charge in [0, 0.05) is 18.4 Å². The maximum Gasteiger partial charge on any atom is 0.264 e. The van der Waals surface area contributed by atoms with Crippen LogP contribution in [0.2, 0.25) is 0 Å². The molecule has 0 aliphatic carbocycles. The summed E-state index contributed by atoms with van der Waals surface area (Å²) in [5.41, 5.74) is 6.28. The van der Waals surface area contributed by atoms with Crippen molar-refractivity contribution in [3.63, 3.8) is 0 Å². The van der Waals surface area contributed by atoms with Crippen LogP contribution in [0, 0.1) is 12.3 Å². The van der Waals surface area contributed by atoms with Crippen LogP contribution in [0.4, 0.5) is 0 Å². The predicted octanol–water partition coefficient (Wildman–Crippen LogP) is 5.87. The Balaban J connectivity index is 1.51. The molecule has 0 bridgehead atoms. The van der Waals surface area contributed by atoms with Crippen LogP contribution < -0.4 is 0 Å². The van der Waals surface area contributed by atoms with E-state index in [1.807, 2.05) is 79.7 Å². The van der Waals surface area contributed by atoms with Gasteiger partial charge in [-0.1, -0.05) is 84.9 Å². The fourth-order valence-corrected chi connectivity index (χ4v) is 5.95. The molecule has 188 valence electrons. The number of nitrogens with zero attached hydrogens (tertiary/aromatic N) is 1. The first-order chi connectivity index (χ1) is 17.4. The Labute approximate surface area is 214 Å². The maximum absolute atomic E-state index is 13.5. The van der Waals surface area contributed by atoms with Crippen LogP contribution in [0.15, 0.2) is 108 Å². The Morgan fingerprint density at radius 2 is 1.39 bits per heavy atom. The quantitative estimate of drug-likeness (QED) is 0.325. The number of aryl methyl sites for hydroxylation is 1. The van der Waals surface area contributed by atoms with E-state index in [-0.39, 0.29) is 10.3 Å². The van der Waals surface area contributed by atoms with E-state index in [1.54, 1.807) is 12.1 Å². The number of sulfonamides is 1. The number of hydrogen-bond donors (Lipinski definition) is 0. The molecule has 36 heavy (non-hydrogen) atoms. The molecule has 4 rings (SSSR count). The number of ether oxygens (including phenoxy) is 2. The van der Waals surface area contributed by atoms with Gasteiger partial charge in [0.25, 0.3) is 10.0 Å². The summed E-state index contributed by atoms with van der Waals surface area (Å²) >= 11 is 0. The number of piperidine rings is 1. The molecule has 0 spiro atoms. The molecule has 0 unspecified atom stereocenters. The van der Waals surface area contributed by atoms with Crippen molar-refractivity contribution < 1.29 is 17.9 Å². The van der Waals surface area contributed by atoms with E-state index < -0.39 is 10.0 Å². The second-order valence-electron chi connectivity index (χ2n) is 9.40. The van der Waals surface area contributed by atoms with Gasteiger partial charge in [-0.2, -0.15) is 0 Å². The minimum absolute atomic E-state index is 0.272. The fraction of sp³-hybridized carbons (Fsp3) is 0.300. The molecule has 5 nitrogen and oxygen atoms in total. The Hall–Kier alpha value is -3.15. The van der Waals surface area contributed by atoms with E-state index in [1.165, 1.54) is 4.31 Å². The normalized spacial score (nSPS) is 15.5. The van der Waals surface area contributed by atoms with Crippen molar-refractivity contribution >= 4 is 10.0 Å². The molecular weight excluding hydrogens is 470 g/mol. The summed E-state index contributed by atoms with van der Waals surface area (Å²) < 4.78 is 40.7. The van der Waals surface area contributed by atoms with E-state index in [0.717, 1.165) is 16.7 Å². The second kappa shape index (κ2) is 11.7. The van der Waals surface area contributed by atoms with Gasteiger partial charge in [-0.15, -0.1) is 5.73 Å². The molecule has 1 aliphatic rings. The van der Waals surface area contributed by atoms with E-state index in [9.17, 15) is 8.42 Å². The van der Waals surface area contributed by atoms with Crippen molar-refractivity contribution in [2.75, 3.05) is 19.8 Å². The van der Waals surface area contributed by atoms with Gasteiger partial charge >= 0.3 is 0 Å². The van der Waals surface area contributed by atoms with Crippen molar-refractivity contribution in [3.05, 3.63) is 120 Å². The van der Waals surface area contributed by atoms with Gasteiger partial charge in [-0.25, -0.2) is 8.42 Å². The summed E-state index contributed by atoms with van der Waals surface area (Å²) in [5, 5.41) is 0. The van der Waals surface area contributed by atoms with Gasteiger partial charge in [-0.05, 0) is 36.6 Å². The highest BCUT2D eigenvalue weighted by atomic mass is 32.2. The topological polar surface area (TPSA) is 55.8 Å². The molecule has 0 saturated carbocycles. The molecule has 3 aromatic rings. The second-order valence-corrected chi connectivity index (χ2v) is 11.3. The first-order valence-electron chi connectivity index (χ1n) is 12.1. The van der Waals surface area contributed by atoms with Gasteiger partial charge in [0.15, 0.2) is 0 Å². The molecular formula is C30H33NO4S. The largest absolute Gasteiger partial charge is 0.376 e. The zero-order valence-corrected chi connectivity index (χ0v) is 21.5. The number of rotatable bonds is 10. The average Bonchev–Trinajstić information content (AvgIpc) is 2.90. The molecule has 1 aliphatic heterocycles. The standard InChI is InChI=1S/C30H33NO4S/c1-3-28-20-30(23-34-21-26-10-6-4-7-11-26,24-35-22-27-12-8-5-9-13-27)18-19-31(28)36(32,33)29-16-14-25(2)15-17-29/h4-17H,1,18-24H2,2H3. The molecule has 3 aromatic carbocycles. The summed E-state index contributed by atoms with van der Waals surface area (Å²) in [7, 11) is -3.71. The minimum atomic E-state index is -3.71. The van der Waals surface area contributed by atoms with Gasteiger partial charge in [-0.3, -0.25) is 4.31 Å². The first kappa shape index (κ1) is 25.9. The highest BCUT2D eigenvalue weighted by molar-refractivity contribution is 7.89. The summed E-state index contributed by atoms with van der Waals surface area (Å²) in [6, 6.07) is 27.0. The van der Waals surface area contributed by atoms with Gasteiger partial charge in [0.1, 0.15) is 0 Å². The molecule has 6 heteroatoms. The Bertz CT molecular complexity index is 1240. The molecule has 0 atom stereocenters. The number of allylic oxidation sites excluding steroid dienone is 1. The van der Waals surface area contributed by atoms with Crippen LogP contribution in [0.5, 0.6) is 0 Å². The smallest absolute Gasteiger partial charge is 0.264 e. The highest BCUT2D eigenvalue weighted by Gasteiger charge is 2.41. The lowest BCUT2D eigenvalue weighted by Crippen LogP contribution is -2.45. The van der Waals surface area contributed by atoms with E-state index in [4.69, 9.17) is 9.47 Å². The molecule has 1 saturated heterocycles. The summed E-state index contributed by atoms with van der Waals surface area (Å²) in [6.45, 7) is 7.94. The molecule has 0 aromatic heterocycles. The fourth-order valence-electron chi connectivity index (χ4n) is 4.47. The third-order valence-electron chi connectivity index (χ3n) is 6.54. The van der Waals surface area contributed by atoms with E-state index in [2.05, 4.69) is 12.3 Å². The predicted molar refractivity (Wildman–Crippen MR) is 142 cm³/mol. The van der Waals surface area contributed by atoms with Crippen LogP contribution >= 0.6 is 0 Å². The Kier molecular flexibility index (Phi) is 8.44. The first-order valence-corrected chi connectivity index (χ1v) is 13.6. The third-order valence-corrected chi connectivity index (χ3v) is 8.39. The zero-order chi connectivity index (χ0) is 25.4. The summed E-state index contributed by atoms with van der Waals surface area (Å²) in [6.07, 6.45) is 1.05. The van der Waals surface area contributed by atoms with Crippen molar-refractivity contribution in [1.82, 2.24) is 4.31 Å². The van der Waals surface area contributed by atoms with Crippen molar-refractivity contribution in [2.45, 2.75) is 37.9 Å². The van der Waals surface area contributed by atoms with Crippen LogP contribution in [-0.4, -0.2) is 32.5 Å². The number of hydrogen-bond acceptors (Lipinski definition) is 4. The SMILES string of the molecule is C=C=C1CC(COCc2ccccc2)(COCc2ccccc2)CCN1S(=O)(=O)c1ccc(C)cc1. The molecule has 0 N–H and O–H groups in total. The van der Waals surface area contributed by atoms with Crippen LogP contribution in [0.25, 0.3) is 0 Å². The lowest BCUT2D eigenvalue weighted by atomic mass is 9.79. The summed E-state index contributed by atoms with van der Waals surface area (Å²) in [5.74, 6) is 0. The zero-order valence-electron chi connectivity index (χ0n) is 20.7. The highest BCUT2D eigenvalue weighted by Crippen LogP contribution is 2.40. The van der Waals surface area contributed by atoms with Gasteiger partial charge in [0.2, 0.25) is 0 Å². The molecule has 0 radical (unpaired) electrons. The maximum atomic E-state index is 13.5. The minimum Gasteiger partial charge on any atom is -0.376 e.